The number of carbonyl (C=O) groups is 1. The summed E-state index contributed by atoms with van der Waals surface area (Å²) in [5.41, 5.74) is 1.31. The summed E-state index contributed by atoms with van der Waals surface area (Å²) in [6.07, 6.45) is -1.08. The van der Waals surface area contributed by atoms with Crippen LogP contribution in [-0.2, 0) is 12.7 Å². The molecule has 2 N–H and O–H groups in total. The molecule has 0 aliphatic heterocycles. The Morgan fingerprint density at radius 3 is 2.59 bits per heavy atom. The second-order valence-electron chi connectivity index (χ2n) is 5.77. The molecule has 3 rings (SSSR count). The van der Waals surface area contributed by atoms with Gasteiger partial charge in [-0.1, -0.05) is 0 Å². The van der Waals surface area contributed by atoms with Crippen molar-refractivity contribution in [2.45, 2.75) is 19.6 Å². The van der Waals surface area contributed by atoms with Crippen molar-refractivity contribution in [3.63, 3.8) is 0 Å². The molecule has 0 fully saturated rings. The molecule has 0 saturated heterocycles. The normalized spacial score (nSPS) is 11.3. The van der Waals surface area contributed by atoms with Crippen molar-refractivity contribution in [3.05, 3.63) is 70.5 Å². The summed E-state index contributed by atoms with van der Waals surface area (Å²) in [5, 5.41) is 7.42. The predicted molar refractivity (Wildman–Crippen MR) is 97.8 cm³/mol. The van der Waals surface area contributed by atoms with Gasteiger partial charge in [0.2, 0.25) is 0 Å². The Morgan fingerprint density at radius 1 is 1.19 bits per heavy atom. The number of alkyl halides is 3. The monoisotopic (exact) mass is 392 g/mol. The molecule has 140 valence electrons. The predicted octanol–water partition coefficient (Wildman–Crippen LogP) is 4.73. The Kier molecular flexibility index (Phi) is 5.41. The Bertz CT molecular complexity index is 941. The van der Waals surface area contributed by atoms with Gasteiger partial charge in [-0.2, -0.15) is 17.5 Å². The van der Waals surface area contributed by atoms with Crippen molar-refractivity contribution in [2.24, 2.45) is 0 Å². The number of aromatic nitrogens is 2. The zero-order valence-electron chi connectivity index (χ0n) is 14.2. The maximum Gasteiger partial charge on any atom is 0.416 e. The average Bonchev–Trinajstić information content (AvgIpc) is 3.08. The SMILES string of the molecule is Cc1cc(NC(=O)c2nscc2NCc2ccncc2)ccc1C(F)(F)F. The first-order valence-electron chi connectivity index (χ1n) is 7.91. The Morgan fingerprint density at radius 2 is 1.93 bits per heavy atom. The maximum absolute atomic E-state index is 12.8. The molecule has 0 aliphatic carbocycles. The number of hydrogen-bond donors (Lipinski definition) is 2. The zero-order valence-corrected chi connectivity index (χ0v) is 15.0. The third-order valence-corrected chi connectivity index (χ3v) is 4.44. The van der Waals surface area contributed by atoms with Gasteiger partial charge in [0.25, 0.3) is 5.91 Å². The van der Waals surface area contributed by atoms with E-state index in [-0.39, 0.29) is 16.9 Å². The number of halogens is 3. The first-order valence-corrected chi connectivity index (χ1v) is 8.74. The van der Waals surface area contributed by atoms with Crippen LogP contribution < -0.4 is 10.6 Å². The molecule has 1 aromatic carbocycles. The van der Waals surface area contributed by atoms with E-state index < -0.39 is 17.6 Å². The van der Waals surface area contributed by atoms with Gasteiger partial charge < -0.3 is 10.6 Å². The Hall–Kier alpha value is -2.94. The molecule has 2 aromatic heterocycles. The summed E-state index contributed by atoms with van der Waals surface area (Å²) >= 11 is 1.11. The van der Waals surface area contributed by atoms with Gasteiger partial charge >= 0.3 is 6.18 Å². The number of rotatable bonds is 5. The van der Waals surface area contributed by atoms with E-state index in [2.05, 4.69) is 20.0 Å². The van der Waals surface area contributed by atoms with Crippen LogP contribution in [0.5, 0.6) is 0 Å². The number of hydrogen-bond acceptors (Lipinski definition) is 5. The molecule has 5 nitrogen and oxygen atoms in total. The van der Waals surface area contributed by atoms with Crippen molar-refractivity contribution >= 4 is 28.8 Å². The van der Waals surface area contributed by atoms with Gasteiger partial charge in [0.05, 0.1) is 11.3 Å². The number of anilines is 2. The Labute approximate surface area is 157 Å². The van der Waals surface area contributed by atoms with Gasteiger partial charge in [-0.15, -0.1) is 0 Å². The lowest BCUT2D eigenvalue weighted by Crippen LogP contribution is -2.15. The zero-order chi connectivity index (χ0) is 19.4. The molecule has 0 unspecified atom stereocenters. The summed E-state index contributed by atoms with van der Waals surface area (Å²) in [7, 11) is 0. The largest absolute Gasteiger partial charge is 0.416 e. The molecule has 27 heavy (non-hydrogen) atoms. The summed E-state index contributed by atoms with van der Waals surface area (Å²) in [6, 6.07) is 7.16. The van der Waals surface area contributed by atoms with E-state index in [9.17, 15) is 18.0 Å². The number of pyridine rings is 1. The lowest BCUT2D eigenvalue weighted by molar-refractivity contribution is -0.138. The van der Waals surface area contributed by atoms with E-state index in [1.807, 2.05) is 12.1 Å². The summed E-state index contributed by atoms with van der Waals surface area (Å²) in [5.74, 6) is -0.493. The topological polar surface area (TPSA) is 66.9 Å². The van der Waals surface area contributed by atoms with E-state index in [0.717, 1.165) is 23.2 Å². The van der Waals surface area contributed by atoms with Crippen LogP contribution in [0, 0.1) is 6.92 Å². The van der Waals surface area contributed by atoms with E-state index >= 15 is 0 Å². The van der Waals surface area contributed by atoms with E-state index in [1.165, 1.54) is 19.1 Å². The molecule has 1 amide bonds. The first kappa shape index (κ1) is 18.8. The third kappa shape index (κ3) is 4.62. The highest BCUT2D eigenvalue weighted by atomic mass is 32.1. The van der Waals surface area contributed by atoms with Crippen molar-refractivity contribution in [2.75, 3.05) is 10.6 Å². The van der Waals surface area contributed by atoms with Crippen molar-refractivity contribution < 1.29 is 18.0 Å². The van der Waals surface area contributed by atoms with Crippen molar-refractivity contribution in [1.29, 1.82) is 0 Å². The average molecular weight is 392 g/mol. The van der Waals surface area contributed by atoms with Crippen LogP contribution >= 0.6 is 11.5 Å². The van der Waals surface area contributed by atoms with Gasteiger partial charge in [0, 0.05) is 30.0 Å². The highest BCUT2D eigenvalue weighted by Gasteiger charge is 2.32. The van der Waals surface area contributed by atoms with Crippen LogP contribution in [0.25, 0.3) is 0 Å². The van der Waals surface area contributed by atoms with Crippen molar-refractivity contribution in [1.82, 2.24) is 9.36 Å². The van der Waals surface area contributed by atoms with Gasteiger partial charge in [-0.25, -0.2) is 0 Å². The standard InChI is InChI=1S/C18H15F3N4OS/c1-11-8-13(2-3-14(11)18(19,20)21)24-17(26)16-15(10-27-25-16)23-9-12-4-6-22-7-5-12/h2-8,10,23H,9H2,1H3,(H,24,26). The minimum atomic E-state index is -4.43. The molecule has 0 atom stereocenters. The fraction of sp³-hybridized carbons (Fsp3) is 0.167. The molecule has 0 aliphatic rings. The van der Waals surface area contributed by atoms with Crippen molar-refractivity contribution in [3.8, 4) is 0 Å². The number of carbonyl (C=O) groups excluding carboxylic acids is 1. The smallest absolute Gasteiger partial charge is 0.378 e. The highest BCUT2D eigenvalue weighted by molar-refractivity contribution is 7.04. The molecule has 0 radical (unpaired) electrons. The molecule has 0 bridgehead atoms. The lowest BCUT2D eigenvalue weighted by Gasteiger charge is -2.12. The van der Waals surface area contributed by atoms with Crippen LogP contribution in [0.15, 0.2) is 48.1 Å². The van der Waals surface area contributed by atoms with Gasteiger partial charge in [-0.05, 0) is 59.9 Å². The highest BCUT2D eigenvalue weighted by Crippen LogP contribution is 2.33. The van der Waals surface area contributed by atoms with Crippen LogP contribution in [0.4, 0.5) is 24.5 Å². The quantitative estimate of drug-likeness (QED) is 0.659. The molecular formula is C18H15F3N4OS. The summed E-state index contributed by atoms with van der Waals surface area (Å²) in [4.78, 5) is 16.4. The lowest BCUT2D eigenvalue weighted by atomic mass is 10.1. The molecular weight excluding hydrogens is 377 g/mol. The van der Waals surface area contributed by atoms with Crippen LogP contribution in [0.3, 0.4) is 0 Å². The minimum Gasteiger partial charge on any atom is -0.378 e. The van der Waals surface area contributed by atoms with Gasteiger partial charge in [0.15, 0.2) is 5.69 Å². The number of aryl methyl sites for hydroxylation is 1. The fourth-order valence-electron chi connectivity index (χ4n) is 2.47. The number of nitrogens with zero attached hydrogens (tertiary/aromatic N) is 2. The number of amides is 1. The fourth-order valence-corrected chi connectivity index (χ4v) is 3.11. The van der Waals surface area contributed by atoms with E-state index in [1.54, 1.807) is 17.8 Å². The second kappa shape index (κ2) is 7.75. The molecule has 0 saturated carbocycles. The van der Waals surface area contributed by atoms with Crippen LogP contribution in [-0.4, -0.2) is 15.3 Å². The number of benzene rings is 1. The second-order valence-corrected chi connectivity index (χ2v) is 6.40. The number of nitrogens with one attached hydrogen (secondary N) is 2. The molecule has 9 heteroatoms. The van der Waals surface area contributed by atoms with E-state index in [0.29, 0.717) is 12.2 Å². The first-order chi connectivity index (χ1) is 12.8. The Balaban J connectivity index is 1.70. The van der Waals surface area contributed by atoms with Gasteiger partial charge in [0.1, 0.15) is 0 Å². The van der Waals surface area contributed by atoms with E-state index in [4.69, 9.17) is 0 Å². The molecule has 0 spiro atoms. The molecule has 3 aromatic rings. The summed E-state index contributed by atoms with van der Waals surface area (Å²) < 4.78 is 42.6. The third-order valence-electron chi connectivity index (χ3n) is 3.81. The maximum atomic E-state index is 12.8. The van der Waals surface area contributed by atoms with Gasteiger partial charge in [-0.3, -0.25) is 9.78 Å². The summed E-state index contributed by atoms with van der Waals surface area (Å²) in [6.45, 7) is 1.84. The molecule has 2 heterocycles. The van der Waals surface area contributed by atoms with Crippen LogP contribution in [0.2, 0.25) is 0 Å². The minimum absolute atomic E-state index is 0.0367. The van der Waals surface area contributed by atoms with Crippen LogP contribution in [0.1, 0.15) is 27.2 Å².